The van der Waals surface area contributed by atoms with E-state index in [2.05, 4.69) is 15.9 Å². The number of fused-ring (bicyclic) bond motifs is 1. The number of thiophene rings is 1. The molecule has 1 aliphatic heterocycles. The highest BCUT2D eigenvalue weighted by molar-refractivity contribution is 9.11. The summed E-state index contributed by atoms with van der Waals surface area (Å²) in [5.74, 6) is -1.07. The quantitative estimate of drug-likeness (QED) is 0.463. The molecule has 1 fully saturated rings. The lowest BCUT2D eigenvalue weighted by Gasteiger charge is -2.13. The molecule has 1 aromatic heterocycles. The number of nitrogens with zero attached hydrogens (tertiary/aromatic N) is 1. The van der Waals surface area contributed by atoms with Crippen LogP contribution in [0.2, 0.25) is 5.02 Å². The van der Waals surface area contributed by atoms with Gasteiger partial charge in [0.15, 0.2) is 0 Å². The van der Waals surface area contributed by atoms with Crippen molar-refractivity contribution in [3.8, 4) is 0 Å². The van der Waals surface area contributed by atoms with E-state index in [0.29, 0.717) is 27.2 Å². The highest BCUT2D eigenvalue weighted by Crippen LogP contribution is 2.41. The normalized spacial score (nSPS) is 16.4. The number of thiocarbonyl (C=S) groups is 1. The fourth-order valence-electron chi connectivity index (χ4n) is 2.41. The fraction of sp³-hybridized carbons (Fsp3) is 0.188. The lowest BCUT2D eigenvalue weighted by molar-refractivity contribution is -0.137. The summed E-state index contributed by atoms with van der Waals surface area (Å²) in [4.78, 5) is 25.2. The summed E-state index contributed by atoms with van der Waals surface area (Å²) in [7, 11) is 0. The van der Waals surface area contributed by atoms with Gasteiger partial charge in [0.1, 0.15) is 4.32 Å². The van der Waals surface area contributed by atoms with Gasteiger partial charge in [-0.2, -0.15) is 0 Å². The average molecular weight is 477 g/mol. The summed E-state index contributed by atoms with van der Waals surface area (Å²) in [6.45, 7) is 0.311. The Morgan fingerprint density at radius 3 is 2.92 bits per heavy atom. The van der Waals surface area contributed by atoms with Crippen LogP contribution in [0.5, 0.6) is 0 Å². The summed E-state index contributed by atoms with van der Waals surface area (Å²) >= 11 is 17.7. The van der Waals surface area contributed by atoms with Gasteiger partial charge in [0.05, 0.1) is 8.69 Å². The van der Waals surface area contributed by atoms with E-state index in [-0.39, 0.29) is 12.3 Å². The van der Waals surface area contributed by atoms with Crippen molar-refractivity contribution in [2.24, 2.45) is 0 Å². The Morgan fingerprint density at radius 2 is 2.20 bits per heavy atom. The van der Waals surface area contributed by atoms with E-state index in [1.807, 2.05) is 24.3 Å². The molecule has 25 heavy (non-hydrogen) atoms. The number of hydrogen-bond donors (Lipinski definition) is 1. The van der Waals surface area contributed by atoms with Gasteiger partial charge < -0.3 is 5.11 Å². The molecule has 1 amide bonds. The Hall–Kier alpha value is -0.930. The Labute approximate surface area is 171 Å². The first kappa shape index (κ1) is 18.8. The van der Waals surface area contributed by atoms with Crippen LogP contribution in [0.1, 0.15) is 18.4 Å². The smallest absolute Gasteiger partial charge is 0.303 e. The minimum absolute atomic E-state index is 0.00925. The summed E-state index contributed by atoms with van der Waals surface area (Å²) < 4.78 is 2.44. The van der Waals surface area contributed by atoms with E-state index in [9.17, 15) is 9.59 Å². The minimum atomic E-state index is -0.883. The van der Waals surface area contributed by atoms with Crippen LogP contribution in [0.15, 0.2) is 26.9 Å². The van der Waals surface area contributed by atoms with E-state index in [0.717, 1.165) is 19.4 Å². The first-order chi connectivity index (χ1) is 11.9. The number of carboxylic acid groups (broad SMARTS) is 1. The largest absolute Gasteiger partial charge is 0.481 e. The van der Waals surface area contributed by atoms with Crippen molar-refractivity contribution < 1.29 is 14.7 Å². The number of halogens is 2. The number of carbonyl (C=O) groups is 2. The van der Waals surface area contributed by atoms with Gasteiger partial charge in [0.25, 0.3) is 5.91 Å². The molecule has 1 N–H and O–H groups in total. The molecule has 1 aliphatic rings. The molecule has 3 rings (SSSR count). The van der Waals surface area contributed by atoms with Crippen molar-refractivity contribution in [3.63, 3.8) is 0 Å². The standard InChI is InChI=1S/C16H11BrClNO3S3/c17-14-10(9-6-8(18)3-4-11(9)24-14)7-12-15(22)19(16(23)25-12)5-1-2-13(20)21/h3-4,6-7H,1-2,5H2,(H,20,21)/b12-7+. The molecule has 0 aliphatic carbocycles. The van der Waals surface area contributed by atoms with Gasteiger partial charge in [-0.05, 0) is 46.6 Å². The van der Waals surface area contributed by atoms with Gasteiger partial charge in [-0.25, -0.2) is 0 Å². The number of thioether (sulfide) groups is 1. The predicted octanol–water partition coefficient (Wildman–Crippen LogP) is 5.38. The number of hydrogen-bond acceptors (Lipinski definition) is 5. The summed E-state index contributed by atoms with van der Waals surface area (Å²) in [6.07, 6.45) is 2.20. The van der Waals surface area contributed by atoms with E-state index in [1.54, 1.807) is 11.3 Å². The van der Waals surface area contributed by atoms with Gasteiger partial charge in [-0.1, -0.05) is 35.6 Å². The Bertz CT molecular complexity index is 925. The summed E-state index contributed by atoms with van der Waals surface area (Å²) in [5.41, 5.74) is 0.897. The van der Waals surface area contributed by atoms with Crippen LogP contribution in [-0.2, 0) is 9.59 Å². The Kier molecular flexibility index (Phi) is 5.85. The lowest BCUT2D eigenvalue weighted by atomic mass is 10.1. The van der Waals surface area contributed by atoms with Crippen molar-refractivity contribution in [1.82, 2.24) is 4.90 Å². The van der Waals surface area contributed by atoms with Crippen LogP contribution in [-0.4, -0.2) is 32.7 Å². The maximum atomic E-state index is 12.6. The second-order valence-corrected chi connectivity index (χ2v) is 9.74. The van der Waals surface area contributed by atoms with Crippen molar-refractivity contribution in [1.29, 1.82) is 0 Å². The molecule has 0 saturated carbocycles. The number of carboxylic acids is 1. The molecule has 4 nitrogen and oxygen atoms in total. The molecule has 1 saturated heterocycles. The van der Waals surface area contributed by atoms with Crippen LogP contribution in [0, 0.1) is 0 Å². The predicted molar refractivity (Wildman–Crippen MR) is 111 cm³/mol. The molecule has 0 unspecified atom stereocenters. The van der Waals surface area contributed by atoms with Crippen LogP contribution in [0.3, 0.4) is 0 Å². The number of amides is 1. The third-order valence-electron chi connectivity index (χ3n) is 3.56. The molecule has 2 aromatic rings. The fourth-order valence-corrected chi connectivity index (χ4v) is 5.61. The van der Waals surface area contributed by atoms with Gasteiger partial charge in [-0.15, -0.1) is 11.3 Å². The van der Waals surface area contributed by atoms with Gasteiger partial charge in [0, 0.05) is 33.6 Å². The maximum Gasteiger partial charge on any atom is 0.303 e. The highest BCUT2D eigenvalue weighted by Gasteiger charge is 2.32. The zero-order chi connectivity index (χ0) is 18.1. The Morgan fingerprint density at radius 1 is 1.44 bits per heavy atom. The molecule has 0 radical (unpaired) electrons. The summed E-state index contributed by atoms with van der Waals surface area (Å²) in [5, 5.41) is 10.3. The first-order valence-corrected chi connectivity index (χ1v) is 10.4. The van der Waals surface area contributed by atoms with E-state index >= 15 is 0 Å². The van der Waals surface area contributed by atoms with Crippen molar-refractivity contribution in [2.45, 2.75) is 12.8 Å². The van der Waals surface area contributed by atoms with Crippen LogP contribution >= 0.6 is 62.8 Å². The SMILES string of the molecule is O=C(O)CCCN1C(=O)/C(=C\c2c(Br)sc3ccc(Cl)cc23)SC1=S. The summed E-state index contributed by atoms with van der Waals surface area (Å²) in [6, 6.07) is 5.65. The highest BCUT2D eigenvalue weighted by atomic mass is 79.9. The zero-order valence-corrected chi connectivity index (χ0v) is 17.4. The van der Waals surface area contributed by atoms with E-state index in [1.165, 1.54) is 16.7 Å². The van der Waals surface area contributed by atoms with Gasteiger partial charge >= 0.3 is 5.97 Å². The van der Waals surface area contributed by atoms with E-state index in [4.69, 9.17) is 28.9 Å². The number of carbonyl (C=O) groups excluding carboxylic acids is 1. The number of rotatable bonds is 5. The van der Waals surface area contributed by atoms with Crippen molar-refractivity contribution >= 4 is 95.2 Å². The topological polar surface area (TPSA) is 57.6 Å². The molecule has 1 aromatic carbocycles. The zero-order valence-electron chi connectivity index (χ0n) is 12.6. The molecular weight excluding hydrogens is 466 g/mol. The molecule has 0 spiro atoms. The molecule has 2 heterocycles. The van der Waals surface area contributed by atoms with Crippen LogP contribution in [0.25, 0.3) is 16.2 Å². The molecule has 0 atom stereocenters. The maximum absolute atomic E-state index is 12.6. The van der Waals surface area contributed by atoms with Crippen LogP contribution < -0.4 is 0 Å². The average Bonchev–Trinajstić information content (AvgIpc) is 2.98. The van der Waals surface area contributed by atoms with Crippen molar-refractivity contribution in [3.05, 3.63) is 37.5 Å². The number of benzene rings is 1. The molecule has 0 bridgehead atoms. The second kappa shape index (κ2) is 7.75. The second-order valence-electron chi connectivity index (χ2n) is 5.26. The molecular formula is C16H11BrClNO3S3. The first-order valence-electron chi connectivity index (χ1n) is 7.21. The molecule has 9 heteroatoms. The van der Waals surface area contributed by atoms with E-state index < -0.39 is 5.97 Å². The molecule has 130 valence electrons. The number of aliphatic carboxylic acids is 1. The Balaban J connectivity index is 1.88. The van der Waals surface area contributed by atoms with Gasteiger partial charge in [-0.3, -0.25) is 14.5 Å². The minimum Gasteiger partial charge on any atom is -0.481 e. The lowest BCUT2D eigenvalue weighted by Crippen LogP contribution is -2.29. The van der Waals surface area contributed by atoms with Crippen LogP contribution in [0.4, 0.5) is 0 Å². The monoisotopic (exact) mass is 475 g/mol. The third-order valence-corrected chi connectivity index (χ3v) is 7.07. The van der Waals surface area contributed by atoms with Crippen molar-refractivity contribution in [2.75, 3.05) is 6.54 Å². The van der Waals surface area contributed by atoms with Gasteiger partial charge in [0.2, 0.25) is 0 Å². The third kappa shape index (κ3) is 4.09.